The summed E-state index contributed by atoms with van der Waals surface area (Å²) in [5.74, 6) is 0. The monoisotopic (exact) mass is 281 g/mol. The molecule has 0 saturated heterocycles. The van der Waals surface area contributed by atoms with Gasteiger partial charge in [-0.25, -0.2) is 0 Å². The highest BCUT2D eigenvalue weighted by molar-refractivity contribution is 9.09. The van der Waals surface area contributed by atoms with Gasteiger partial charge in [0.2, 0.25) is 0 Å². The summed E-state index contributed by atoms with van der Waals surface area (Å²) in [7, 11) is 1.64. The van der Waals surface area contributed by atoms with Gasteiger partial charge in [0.25, 0.3) is 0 Å². The maximum atomic E-state index is 12.6. The molecule has 0 N–H and O–H groups in total. The van der Waals surface area contributed by atoms with Crippen molar-refractivity contribution >= 4 is 21.6 Å². The largest absolute Gasteiger partial charge is 0.418 e. The fraction of sp³-hybridized carbons (Fsp3) is 0.400. The fourth-order valence-electron chi connectivity index (χ4n) is 1.29. The van der Waals surface area contributed by atoms with Gasteiger partial charge in [-0.1, -0.05) is 28.1 Å². The molecule has 15 heavy (non-hydrogen) atoms. The molecule has 1 rings (SSSR count). The Balaban J connectivity index is 3.06. The van der Waals surface area contributed by atoms with Gasteiger partial charge in [0.15, 0.2) is 0 Å². The Kier molecular flexibility index (Phi) is 4.02. The number of alkyl halides is 4. The molecule has 0 saturated carbocycles. The van der Waals surface area contributed by atoms with Crippen LogP contribution in [0.2, 0.25) is 0 Å². The van der Waals surface area contributed by atoms with Crippen LogP contribution in [0.15, 0.2) is 24.3 Å². The molecule has 0 bridgehead atoms. The van der Waals surface area contributed by atoms with Crippen LogP contribution in [0.1, 0.15) is 5.56 Å². The van der Waals surface area contributed by atoms with Crippen molar-refractivity contribution in [2.24, 2.45) is 0 Å². The van der Waals surface area contributed by atoms with Gasteiger partial charge >= 0.3 is 6.18 Å². The summed E-state index contributed by atoms with van der Waals surface area (Å²) < 4.78 is 37.8. The molecule has 0 aliphatic rings. The summed E-state index contributed by atoms with van der Waals surface area (Å²) in [6.45, 7) is 0.535. The minimum Gasteiger partial charge on any atom is -0.373 e. The average Bonchev–Trinajstić information content (AvgIpc) is 2.17. The van der Waals surface area contributed by atoms with E-state index in [9.17, 15) is 13.2 Å². The van der Waals surface area contributed by atoms with E-state index in [1.54, 1.807) is 18.0 Å². The molecule has 1 aromatic rings. The van der Waals surface area contributed by atoms with E-state index in [-0.39, 0.29) is 5.69 Å². The standard InChI is InChI=1S/C10H11BrF3N/c1-15(7-6-11)9-5-3-2-4-8(9)10(12,13)14/h2-5H,6-7H2,1H3. The Labute approximate surface area is 95.0 Å². The number of benzene rings is 1. The molecule has 0 atom stereocenters. The van der Waals surface area contributed by atoms with Crippen molar-refractivity contribution in [3.8, 4) is 0 Å². The van der Waals surface area contributed by atoms with E-state index >= 15 is 0 Å². The molecule has 84 valence electrons. The molecule has 0 aromatic heterocycles. The molecule has 0 amide bonds. The van der Waals surface area contributed by atoms with Crippen LogP contribution >= 0.6 is 15.9 Å². The SMILES string of the molecule is CN(CCBr)c1ccccc1C(F)(F)F. The molecule has 0 aliphatic heterocycles. The Bertz CT molecular complexity index is 325. The molecule has 0 spiro atoms. The van der Waals surface area contributed by atoms with E-state index in [1.165, 1.54) is 12.1 Å². The van der Waals surface area contributed by atoms with Crippen LogP contribution in [0.3, 0.4) is 0 Å². The first kappa shape index (κ1) is 12.4. The Morgan fingerprint density at radius 3 is 2.40 bits per heavy atom. The first-order chi connectivity index (χ1) is 6.96. The van der Waals surface area contributed by atoms with E-state index in [0.29, 0.717) is 11.9 Å². The zero-order valence-corrected chi connectivity index (χ0v) is 9.77. The van der Waals surface area contributed by atoms with E-state index in [2.05, 4.69) is 15.9 Å². The third kappa shape index (κ3) is 3.12. The quantitative estimate of drug-likeness (QED) is 0.766. The van der Waals surface area contributed by atoms with E-state index in [0.717, 1.165) is 6.07 Å². The minimum absolute atomic E-state index is 0.212. The van der Waals surface area contributed by atoms with Gasteiger partial charge in [0.05, 0.1) is 5.56 Å². The van der Waals surface area contributed by atoms with Crippen molar-refractivity contribution in [1.29, 1.82) is 0 Å². The highest BCUT2D eigenvalue weighted by Crippen LogP contribution is 2.35. The summed E-state index contributed by atoms with van der Waals surface area (Å²) in [5.41, 5.74) is -0.377. The highest BCUT2D eigenvalue weighted by atomic mass is 79.9. The molecule has 0 unspecified atom stereocenters. The second-order valence-corrected chi connectivity index (χ2v) is 3.92. The summed E-state index contributed by atoms with van der Waals surface area (Å²) in [6.07, 6.45) is -4.29. The Morgan fingerprint density at radius 2 is 1.87 bits per heavy atom. The van der Waals surface area contributed by atoms with Crippen molar-refractivity contribution in [2.75, 3.05) is 23.8 Å². The second-order valence-electron chi connectivity index (χ2n) is 3.13. The third-order valence-electron chi connectivity index (χ3n) is 2.04. The lowest BCUT2D eigenvalue weighted by Gasteiger charge is -2.22. The van der Waals surface area contributed by atoms with Crippen molar-refractivity contribution < 1.29 is 13.2 Å². The van der Waals surface area contributed by atoms with Gasteiger partial charge in [-0.3, -0.25) is 0 Å². The smallest absolute Gasteiger partial charge is 0.373 e. The Morgan fingerprint density at radius 1 is 1.27 bits per heavy atom. The van der Waals surface area contributed by atoms with Gasteiger partial charge in [-0.2, -0.15) is 13.2 Å². The zero-order valence-electron chi connectivity index (χ0n) is 8.18. The van der Waals surface area contributed by atoms with Crippen LogP contribution in [-0.4, -0.2) is 18.9 Å². The normalized spacial score (nSPS) is 11.5. The van der Waals surface area contributed by atoms with Crippen molar-refractivity contribution in [3.63, 3.8) is 0 Å². The average molecular weight is 282 g/mol. The number of nitrogens with zero attached hydrogens (tertiary/aromatic N) is 1. The zero-order chi connectivity index (χ0) is 11.5. The lowest BCUT2D eigenvalue weighted by molar-refractivity contribution is -0.137. The predicted octanol–water partition coefficient (Wildman–Crippen LogP) is 3.54. The molecule has 0 fully saturated rings. The molecule has 0 heterocycles. The highest BCUT2D eigenvalue weighted by Gasteiger charge is 2.33. The summed E-state index contributed by atoms with van der Waals surface area (Å²) >= 11 is 3.20. The predicted molar refractivity (Wildman–Crippen MR) is 58.5 cm³/mol. The summed E-state index contributed by atoms with van der Waals surface area (Å²) in [6, 6.07) is 5.58. The van der Waals surface area contributed by atoms with Crippen LogP contribution in [0, 0.1) is 0 Å². The number of hydrogen-bond acceptors (Lipinski definition) is 1. The lowest BCUT2D eigenvalue weighted by atomic mass is 10.1. The van der Waals surface area contributed by atoms with Crippen molar-refractivity contribution in [2.45, 2.75) is 6.18 Å². The first-order valence-electron chi connectivity index (χ1n) is 4.40. The van der Waals surface area contributed by atoms with Crippen LogP contribution in [-0.2, 0) is 6.18 Å². The topological polar surface area (TPSA) is 3.24 Å². The van der Waals surface area contributed by atoms with Crippen molar-refractivity contribution in [1.82, 2.24) is 0 Å². The summed E-state index contributed by atoms with van der Waals surface area (Å²) in [4.78, 5) is 1.58. The van der Waals surface area contributed by atoms with E-state index in [1.807, 2.05) is 0 Å². The molecular formula is C10H11BrF3N. The number of halogens is 4. The fourth-order valence-corrected chi connectivity index (χ4v) is 1.83. The van der Waals surface area contributed by atoms with Crippen LogP contribution in [0.4, 0.5) is 18.9 Å². The number of hydrogen-bond donors (Lipinski definition) is 0. The van der Waals surface area contributed by atoms with Gasteiger partial charge in [0.1, 0.15) is 0 Å². The molecule has 1 aromatic carbocycles. The maximum absolute atomic E-state index is 12.6. The second kappa shape index (κ2) is 4.88. The van der Waals surface area contributed by atoms with Gasteiger partial charge in [0, 0.05) is 24.6 Å². The third-order valence-corrected chi connectivity index (χ3v) is 2.40. The van der Waals surface area contributed by atoms with Gasteiger partial charge < -0.3 is 4.90 Å². The molecule has 0 radical (unpaired) electrons. The van der Waals surface area contributed by atoms with Crippen LogP contribution in [0.5, 0.6) is 0 Å². The molecule has 0 aliphatic carbocycles. The summed E-state index contributed by atoms with van der Waals surface area (Å²) in [5, 5.41) is 0.635. The number of para-hydroxylation sites is 1. The van der Waals surface area contributed by atoms with Crippen LogP contribution in [0.25, 0.3) is 0 Å². The molecule has 1 nitrogen and oxygen atoms in total. The van der Waals surface area contributed by atoms with Crippen LogP contribution < -0.4 is 4.90 Å². The minimum atomic E-state index is -4.29. The first-order valence-corrected chi connectivity index (χ1v) is 5.52. The Hall–Kier alpha value is -0.710. The number of anilines is 1. The lowest BCUT2D eigenvalue weighted by Crippen LogP contribution is -2.23. The molecular weight excluding hydrogens is 271 g/mol. The van der Waals surface area contributed by atoms with E-state index in [4.69, 9.17) is 0 Å². The van der Waals surface area contributed by atoms with Gasteiger partial charge in [-0.05, 0) is 12.1 Å². The number of rotatable bonds is 3. The maximum Gasteiger partial charge on any atom is 0.418 e. The van der Waals surface area contributed by atoms with Crippen molar-refractivity contribution in [3.05, 3.63) is 29.8 Å². The molecule has 5 heteroatoms. The van der Waals surface area contributed by atoms with E-state index < -0.39 is 11.7 Å². The van der Waals surface area contributed by atoms with Gasteiger partial charge in [-0.15, -0.1) is 0 Å².